The lowest BCUT2D eigenvalue weighted by Gasteiger charge is -2.61. The van der Waals surface area contributed by atoms with Crippen molar-refractivity contribution in [3.05, 3.63) is 35.9 Å². The van der Waals surface area contributed by atoms with E-state index in [0.29, 0.717) is 5.56 Å². The normalized spacial score (nSPS) is 47.5. The van der Waals surface area contributed by atoms with Gasteiger partial charge in [0.25, 0.3) is 0 Å². The van der Waals surface area contributed by atoms with Crippen molar-refractivity contribution in [3.63, 3.8) is 0 Å². The summed E-state index contributed by atoms with van der Waals surface area (Å²) in [5.41, 5.74) is -1.04. The molecule has 0 bridgehead atoms. The number of hydrogen-bond acceptors (Lipinski definition) is 6. The Morgan fingerprint density at radius 1 is 1.10 bits per heavy atom. The molecule has 1 aliphatic heterocycles. The van der Waals surface area contributed by atoms with Crippen LogP contribution in [-0.4, -0.2) is 63.8 Å². The minimum atomic E-state index is -1.73. The van der Waals surface area contributed by atoms with Crippen molar-refractivity contribution in [1.29, 1.82) is 0 Å². The van der Waals surface area contributed by atoms with Crippen LogP contribution in [0.15, 0.2) is 30.3 Å². The fourth-order valence-corrected chi connectivity index (χ4v) is 3.29. The summed E-state index contributed by atoms with van der Waals surface area (Å²) in [6, 6.07) is 8.89. The first-order valence-corrected chi connectivity index (χ1v) is 6.51. The highest BCUT2D eigenvalue weighted by Crippen LogP contribution is 2.53. The van der Waals surface area contributed by atoms with Crippen molar-refractivity contribution >= 4 is 0 Å². The highest BCUT2D eigenvalue weighted by atomic mass is 16.7. The monoisotopic (exact) mass is 282 g/mol. The number of aliphatic hydroxyl groups excluding tert-OH is 3. The Labute approximate surface area is 116 Å². The Kier molecular flexibility index (Phi) is 3.32. The molecule has 6 nitrogen and oxygen atoms in total. The van der Waals surface area contributed by atoms with Crippen molar-refractivity contribution in [2.24, 2.45) is 0 Å². The number of hydrogen-bond donors (Lipinski definition) is 4. The average Bonchev–Trinajstić information content (AvgIpc) is 2.46. The van der Waals surface area contributed by atoms with Crippen molar-refractivity contribution in [2.75, 3.05) is 7.11 Å². The fraction of sp³-hybridized carbons (Fsp3) is 0.571. The van der Waals surface area contributed by atoms with Gasteiger partial charge in [0, 0.05) is 13.0 Å². The molecule has 0 spiro atoms. The minimum absolute atomic E-state index is 0.685. The van der Waals surface area contributed by atoms with E-state index in [1.165, 1.54) is 7.11 Å². The van der Waals surface area contributed by atoms with E-state index < -0.39 is 42.2 Å². The number of fused-ring (bicyclic) bond motifs is 1. The standard InChI is InChI=1S/C14H18O6/c1-19-13-10(16)11(17)14(18)8(9(15)12(14)20-13)7-5-3-2-4-6-7/h2-6,8-13,15-18H,1H3/t8?,9?,10-,11+,12-,13+,14-/m1/s1. The highest BCUT2D eigenvalue weighted by Gasteiger charge is 2.71. The summed E-state index contributed by atoms with van der Waals surface area (Å²) in [6.45, 7) is 0. The minimum Gasteiger partial charge on any atom is -0.390 e. The van der Waals surface area contributed by atoms with Crippen molar-refractivity contribution < 1.29 is 29.9 Å². The molecule has 3 rings (SSSR count). The van der Waals surface area contributed by atoms with E-state index in [4.69, 9.17) is 9.47 Å². The summed E-state index contributed by atoms with van der Waals surface area (Å²) in [6.07, 6.45) is -5.86. The molecule has 6 heteroatoms. The van der Waals surface area contributed by atoms with E-state index in [2.05, 4.69) is 0 Å². The van der Waals surface area contributed by atoms with Crippen LogP contribution >= 0.6 is 0 Å². The first-order chi connectivity index (χ1) is 9.51. The van der Waals surface area contributed by atoms with E-state index in [1.54, 1.807) is 24.3 Å². The van der Waals surface area contributed by atoms with Gasteiger partial charge in [0.15, 0.2) is 6.29 Å². The topological polar surface area (TPSA) is 99.4 Å². The maximum atomic E-state index is 10.7. The van der Waals surface area contributed by atoms with Gasteiger partial charge in [-0.3, -0.25) is 0 Å². The Hall–Kier alpha value is -1.02. The predicted molar refractivity (Wildman–Crippen MR) is 67.8 cm³/mol. The van der Waals surface area contributed by atoms with Gasteiger partial charge in [-0.2, -0.15) is 0 Å². The molecule has 1 saturated carbocycles. The second-order valence-electron chi connectivity index (χ2n) is 5.36. The number of rotatable bonds is 2. The molecule has 1 heterocycles. The van der Waals surface area contributed by atoms with E-state index in [1.807, 2.05) is 6.07 Å². The Morgan fingerprint density at radius 3 is 2.35 bits per heavy atom. The SMILES string of the molecule is CO[C@H]1O[C@@H]2C(O)C(c3ccccc3)[C@@]2(O)[C@@H](O)[C@H]1O. The van der Waals surface area contributed by atoms with Gasteiger partial charge in [0.2, 0.25) is 0 Å². The fourth-order valence-electron chi connectivity index (χ4n) is 3.29. The van der Waals surface area contributed by atoms with Gasteiger partial charge in [0.05, 0.1) is 6.10 Å². The summed E-state index contributed by atoms with van der Waals surface area (Å²) in [5, 5.41) is 41.1. The third-order valence-electron chi connectivity index (χ3n) is 4.35. The maximum absolute atomic E-state index is 10.7. The molecule has 1 saturated heterocycles. The van der Waals surface area contributed by atoms with E-state index in [0.717, 1.165) is 0 Å². The van der Waals surface area contributed by atoms with E-state index in [-0.39, 0.29) is 0 Å². The number of aliphatic hydroxyl groups is 4. The molecule has 2 fully saturated rings. The van der Waals surface area contributed by atoms with Crippen molar-refractivity contribution in [3.8, 4) is 0 Å². The molecular formula is C14H18O6. The van der Waals surface area contributed by atoms with Gasteiger partial charge in [-0.25, -0.2) is 0 Å². The van der Waals surface area contributed by atoms with Crippen molar-refractivity contribution in [2.45, 2.75) is 42.2 Å². The van der Waals surface area contributed by atoms with Crippen LogP contribution in [0.2, 0.25) is 0 Å². The molecule has 1 aromatic rings. The maximum Gasteiger partial charge on any atom is 0.186 e. The van der Waals surface area contributed by atoms with Crippen LogP contribution in [0, 0.1) is 0 Å². The number of ether oxygens (including phenoxy) is 2. The first kappa shape index (κ1) is 13.9. The quantitative estimate of drug-likeness (QED) is 0.553. The van der Waals surface area contributed by atoms with Crippen LogP contribution in [0.4, 0.5) is 0 Å². The molecule has 2 aliphatic rings. The van der Waals surface area contributed by atoms with Gasteiger partial charge in [-0.15, -0.1) is 0 Å². The summed E-state index contributed by atoms with van der Waals surface area (Å²) >= 11 is 0. The summed E-state index contributed by atoms with van der Waals surface area (Å²) in [4.78, 5) is 0. The smallest absolute Gasteiger partial charge is 0.186 e. The van der Waals surface area contributed by atoms with Gasteiger partial charge < -0.3 is 29.9 Å². The lowest BCUT2D eigenvalue weighted by molar-refractivity contribution is -0.383. The van der Waals surface area contributed by atoms with Crippen LogP contribution in [0.5, 0.6) is 0 Å². The molecule has 20 heavy (non-hydrogen) atoms. The third-order valence-corrected chi connectivity index (χ3v) is 4.35. The van der Waals surface area contributed by atoms with Crippen molar-refractivity contribution in [1.82, 2.24) is 0 Å². The average molecular weight is 282 g/mol. The summed E-state index contributed by atoms with van der Waals surface area (Å²) in [7, 11) is 1.32. The van der Waals surface area contributed by atoms with Crippen LogP contribution in [0.1, 0.15) is 11.5 Å². The summed E-state index contributed by atoms with van der Waals surface area (Å²) in [5.74, 6) is -0.712. The molecule has 110 valence electrons. The molecule has 1 aromatic carbocycles. The lowest BCUT2D eigenvalue weighted by atomic mass is 9.57. The van der Waals surface area contributed by atoms with Crippen LogP contribution in [0.3, 0.4) is 0 Å². The molecule has 4 N–H and O–H groups in total. The lowest BCUT2D eigenvalue weighted by Crippen LogP contribution is -2.80. The first-order valence-electron chi connectivity index (χ1n) is 6.51. The van der Waals surface area contributed by atoms with Gasteiger partial charge in [0.1, 0.15) is 23.9 Å². The molecule has 0 aromatic heterocycles. The highest BCUT2D eigenvalue weighted by molar-refractivity contribution is 5.35. The molecule has 0 amide bonds. The number of methoxy groups -OCH3 is 1. The van der Waals surface area contributed by atoms with Crippen LogP contribution in [-0.2, 0) is 9.47 Å². The Bertz CT molecular complexity index is 476. The zero-order valence-corrected chi connectivity index (χ0v) is 11.0. The Balaban J connectivity index is 1.94. The van der Waals surface area contributed by atoms with Gasteiger partial charge in [-0.05, 0) is 5.56 Å². The van der Waals surface area contributed by atoms with Gasteiger partial charge >= 0.3 is 0 Å². The zero-order valence-electron chi connectivity index (χ0n) is 11.0. The predicted octanol–water partition coefficient (Wildman–Crippen LogP) is -1.03. The summed E-state index contributed by atoms with van der Waals surface area (Å²) < 4.78 is 10.3. The van der Waals surface area contributed by atoms with Crippen LogP contribution < -0.4 is 0 Å². The molecule has 1 aliphatic carbocycles. The van der Waals surface area contributed by atoms with Crippen LogP contribution in [0.25, 0.3) is 0 Å². The second kappa shape index (κ2) is 4.77. The van der Waals surface area contributed by atoms with Gasteiger partial charge in [-0.1, -0.05) is 30.3 Å². The molecule has 7 atom stereocenters. The Morgan fingerprint density at radius 2 is 1.75 bits per heavy atom. The molecular weight excluding hydrogens is 264 g/mol. The van der Waals surface area contributed by atoms with E-state index in [9.17, 15) is 20.4 Å². The third kappa shape index (κ3) is 1.67. The van der Waals surface area contributed by atoms with E-state index >= 15 is 0 Å². The number of benzene rings is 1. The largest absolute Gasteiger partial charge is 0.390 e. The molecule has 0 radical (unpaired) electrons. The second-order valence-corrected chi connectivity index (χ2v) is 5.36. The zero-order chi connectivity index (χ0) is 14.5. The molecule has 2 unspecified atom stereocenters.